The van der Waals surface area contributed by atoms with Gasteiger partial charge in [0.15, 0.2) is 5.69 Å². The molecule has 0 fully saturated rings. The first-order valence-electron chi connectivity index (χ1n) is 6.41. The Hall–Kier alpha value is -2.08. The van der Waals surface area contributed by atoms with Gasteiger partial charge in [-0.3, -0.25) is 14.3 Å². The maximum absolute atomic E-state index is 12.2. The lowest BCUT2D eigenvalue weighted by Crippen LogP contribution is -2.47. The SMILES string of the molecule is C=CCN(CC=C)C(=O)C(C)NC(=O)c1cc(Cl)n(C)n1. The molecule has 0 radical (unpaired) electrons. The van der Waals surface area contributed by atoms with Crippen LogP contribution >= 0.6 is 11.6 Å². The van der Waals surface area contributed by atoms with Crippen molar-refractivity contribution in [2.75, 3.05) is 13.1 Å². The molecule has 1 heterocycles. The van der Waals surface area contributed by atoms with Gasteiger partial charge in [0.2, 0.25) is 5.91 Å². The fourth-order valence-electron chi connectivity index (χ4n) is 1.73. The van der Waals surface area contributed by atoms with E-state index in [0.717, 1.165) is 0 Å². The summed E-state index contributed by atoms with van der Waals surface area (Å²) in [5.41, 5.74) is 0.168. The topological polar surface area (TPSA) is 67.2 Å². The maximum Gasteiger partial charge on any atom is 0.272 e. The number of aryl methyl sites for hydroxylation is 1. The van der Waals surface area contributed by atoms with Crippen molar-refractivity contribution in [2.24, 2.45) is 7.05 Å². The van der Waals surface area contributed by atoms with Crippen molar-refractivity contribution in [3.05, 3.63) is 42.2 Å². The smallest absolute Gasteiger partial charge is 0.272 e. The van der Waals surface area contributed by atoms with Crippen molar-refractivity contribution in [1.29, 1.82) is 0 Å². The normalized spacial score (nSPS) is 11.6. The van der Waals surface area contributed by atoms with Crippen LogP contribution in [0.2, 0.25) is 5.15 Å². The van der Waals surface area contributed by atoms with Crippen molar-refractivity contribution in [3.63, 3.8) is 0 Å². The van der Waals surface area contributed by atoms with Crippen LogP contribution in [0.5, 0.6) is 0 Å². The second kappa shape index (κ2) is 7.64. The molecule has 0 aliphatic carbocycles. The van der Waals surface area contributed by atoms with E-state index in [-0.39, 0.29) is 11.6 Å². The summed E-state index contributed by atoms with van der Waals surface area (Å²) in [7, 11) is 1.63. The van der Waals surface area contributed by atoms with E-state index in [2.05, 4.69) is 23.6 Å². The van der Waals surface area contributed by atoms with E-state index in [1.165, 1.54) is 15.6 Å². The largest absolute Gasteiger partial charge is 0.339 e. The van der Waals surface area contributed by atoms with Gasteiger partial charge in [-0.25, -0.2) is 0 Å². The van der Waals surface area contributed by atoms with Crippen LogP contribution in [0.15, 0.2) is 31.4 Å². The number of rotatable bonds is 7. The minimum Gasteiger partial charge on any atom is -0.339 e. The lowest BCUT2D eigenvalue weighted by Gasteiger charge is -2.23. The van der Waals surface area contributed by atoms with Crippen LogP contribution in [0.4, 0.5) is 0 Å². The minimum absolute atomic E-state index is 0.168. The Morgan fingerprint density at radius 2 is 2.05 bits per heavy atom. The summed E-state index contributed by atoms with van der Waals surface area (Å²) in [5, 5.41) is 6.90. The molecule has 21 heavy (non-hydrogen) atoms. The fourth-order valence-corrected chi connectivity index (χ4v) is 1.87. The summed E-state index contributed by atoms with van der Waals surface area (Å²) in [4.78, 5) is 25.8. The molecule has 0 bridgehead atoms. The van der Waals surface area contributed by atoms with E-state index in [1.54, 1.807) is 26.1 Å². The molecular weight excluding hydrogens is 292 g/mol. The number of carbonyl (C=O) groups excluding carboxylic acids is 2. The summed E-state index contributed by atoms with van der Waals surface area (Å²) in [6, 6.07) is 0.762. The number of halogens is 1. The Balaban J connectivity index is 2.72. The molecule has 1 unspecified atom stereocenters. The van der Waals surface area contributed by atoms with Gasteiger partial charge in [0.25, 0.3) is 5.91 Å². The molecule has 7 heteroatoms. The molecule has 0 aliphatic heterocycles. The van der Waals surface area contributed by atoms with E-state index < -0.39 is 11.9 Å². The molecule has 0 spiro atoms. The maximum atomic E-state index is 12.2. The zero-order valence-corrected chi connectivity index (χ0v) is 12.9. The summed E-state index contributed by atoms with van der Waals surface area (Å²) in [6.07, 6.45) is 3.24. The van der Waals surface area contributed by atoms with Crippen molar-refractivity contribution in [2.45, 2.75) is 13.0 Å². The molecule has 0 saturated heterocycles. The Bertz CT molecular complexity index is 524. The van der Waals surface area contributed by atoms with Gasteiger partial charge < -0.3 is 10.2 Å². The van der Waals surface area contributed by atoms with Crippen molar-refractivity contribution in [1.82, 2.24) is 20.0 Å². The molecule has 114 valence electrons. The van der Waals surface area contributed by atoms with Crippen LogP contribution in [0.1, 0.15) is 17.4 Å². The van der Waals surface area contributed by atoms with Gasteiger partial charge in [-0.15, -0.1) is 13.2 Å². The first kappa shape index (κ1) is 17.0. The molecule has 1 rings (SSSR count). The Morgan fingerprint density at radius 3 is 2.48 bits per heavy atom. The van der Waals surface area contributed by atoms with Crippen LogP contribution in [-0.2, 0) is 11.8 Å². The fraction of sp³-hybridized carbons (Fsp3) is 0.357. The standard InChI is InChI=1S/C14H19ClN4O2/c1-5-7-19(8-6-2)14(21)10(3)16-13(20)11-9-12(15)18(4)17-11/h5-6,9-10H,1-2,7-8H2,3-4H3,(H,16,20). The van der Waals surface area contributed by atoms with Gasteiger partial charge >= 0.3 is 0 Å². The van der Waals surface area contributed by atoms with E-state index in [4.69, 9.17) is 11.6 Å². The molecule has 1 N–H and O–H groups in total. The van der Waals surface area contributed by atoms with Gasteiger partial charge in [0, 0.05) is 26.2 Å². The number of hydrogen-bond acceptors (Lipinski definition) is 3. The number of hydrogen-bond donors (Lipinski definition) is 1. The second-order valence-corrected chi connectivity index (χ2v) is 4.88. The summed E-state index contributed by atoms with van der Waals surface area (Å²) in [6.45, 7) is 9.60. The molecule has 0 saturated carbocycles. The van der Waals surface area contributed by atoms with E-state index in [1.807, 2.05) is 0 Å². The molecule has 0 aromatic carbocycles. The van der Waals surface area contributed by atoms with E-state index >= 15 is 0 Å². The highest BCUT2D eigenvalue weighted by Crippen LogP contribution is 2.09. The second-order valence-electron chi connectivity index (χ2n) is 4.49. The summed E-state index contributed by atoms with van der Waals surface area (Å²) < 4.78 is 1.38. The third kappa shape index (κ3) is 4.46. The number of nitrogens with zero attached hydrogens (tertiary/aromatic N) is 3. The van der Waals surface area contributed by atoms with Gasteiger partial charge in [0.1, 0.15) is 11.2 Å². The highest BCUT2D eigenvalue weighted by Gasteiger charge is 2.22. The highest BCUT2D eigenvalue weighted by atomic mass is 35.5. The monoisotopic (exact) mass is 310 g/mol. The van der Waals surface area contributed by atoms with Crippen molar-refractivity contribution in [3.8, 4) is 0 Å². The first-order valence-corrected chi connectivity index (χ1v) is 6.79. The average molecular weight is 311 g/mol. The number of carbonyl (C=O) groups is 2. The lowest BCUT2D eigenvalue weighted by atomic mass is 10.2. The van der Waals surface area contributed by atoms with Gasteiger partial charge in [-0.05, 0) is 6.92 Å². The predicted molar refractivity (Wildman–Crippen MR) is 82.1 cm³/mol. The average Bonchev–Trinajstić information content (AvgIpc) is 2.77. The van der Waals surface area contributed by atoms with Crippen LogP contribution in [0, 0.1) is 0 Å². The molecule has 1 aromatic heterocycles. The molecular formula is C14H19ClN4O2. The molecule has 2 amide bonds. The van der Waals surface area contributed by atoms with Gasteiger partial charge in [0.05, 0.1) is 0 Å². The first-order chi connectivity index (χ1) is 9.90. The highest BCUT2D eigenvalue weighted by molar-refractivity contribution is 6.30. The van der Waals surface area contributed by atoms with Crippen LogP contribution in [-0.4, -0.2) is 45.6 Å². The predicted octanol–water partition coefficient (Wildman–Crippen LogP) is 1.39. The molecule has 1 aromatic rings. The van der Waals surface area contributed by atoms with Crippen LogP contribution in [0.25, 0.3) is 0 Å². The summed E-state index contributed by atoms with van der Waals surface area (Å²) >= 11 is 5.83. The Labute approximate surface area is 129 Å². The van der Waals surface area contributed by atoms with Crippen LogP contribution in [0.3, 0.4) is 0 Å². The zero-order valence-electron chi connectivity index (χ0n) is 12.2. The summed E-state index contributed by atoms with van der Waals surface area (Å²) in [5.74, 6) is -0.666. The number of nitrogens with one attached hydrogen (secondary N) is 1. The molecule has 0 aliphatic rings. The van der Waals surface area contributed by atoms with Gasteiger partial charge in [-0.1, -0.05) is 23.8 Å². The minimum atomic E-state index is -0.682. The quantitative estimate of drug-likeness (QED) is 0.774. The third-order valence-corrected chi connectivity index (χ3v) is 3.14. The number of aromatic nitrogens is 2. The third-order valence-electron chi connectivity index (χ3n) is 2.78. The number of amides is 2. The Kier molecular flexibility index (Phi) is 6.17. The van der Waals surface area contributed by atoms with Crippen molar-refractivity contribution < 1.29 is 9.59 Å². The Morgan fingerprint density at radius 1 is 1.48 bits per heavy atom. The van der Waals surface area contributed by atoms with Gasteiger partial charge in [-0.2, -0.15) is 5.10 Å². The van der Waals surface area contributed by atoms with E-state index in [9.17, 15) is 9.59 Å². The van der Waals surface area contributed by atoms with Crippen molar-refractivity contribution >= 4 is 23.4 Å². The molecule has 6 nitrogen and oxygen atoms in total. The molecule has 1 atom stereocenters. The lowest BCUT2D eigenvalue weighted by molar-refractivity contribution is -0.131. The van der Waals surface area contributed by atoms with Crippen LogP contribution < -0.4 is 5.32 Å². The van der Waals surface area contributed by atoms with E-state index in [0.29, 0.717) is 18.2 Å². The zero-order chi connectivity index (χ0) is 16.0.